The van der Waals surface area contributed by atoms with Gasteiger partial charge >= 0.3 is 0 Å². The number of methoxy groups -OCH3 is 2. The highest BCUT2D eigenvalue weighted by atomic mass is 35.5. The fraction of sp³-hybridized carbons (Fsp3) is 0.357. The van der Waals surface area contributed by atoms with E-state index in [1.807, 2.05) is 20.8 Å². The molecule has 0 fully saturated rings. The summed E-state index contributed by atoms with van der Waals surface area (Å²) in [5, 5.41) is 11.9. The van der Waals surface area contributed by atoms with Crippen LogP contribution in [0.3, 0.4) is 0 Å². The van der Waals surface area contributed by atoms with Crippen molar-refractivity contribution in [2.75, 3.05) is 34.0 Å². The number of rotatable bonds is 11. The first-order valence-electron chi connectivity index (χ1n) is 12.2. The predicted octanol–water partition coefficient (Wildman–Crippen LogP) is 5.51. The minimum absolute atomic E-state index is 0.0710. The number of carbonyl (C=O) groups excluding carboxylic acids is 2. The fourth-order valence-electron chi connectivity index (χ4n) is 4.45. The lowest BCUT2D eigenvalue weighted by molar-refractivity contribution is -0.130. The van der Waals surface area contributed by atoms with Crippen molar-refractivity contribution in [1.82, 2.24) is 4.90 Å². The molecule has 38 heavy (non-hydrogen) atoms. The Hall–Kier alpha value is -3.69. The van der Waals surface area contributed by atoms with E-state index >= 15 is 0 Å². The molecule has 1 N–H and O–H groups in total. The smallest absolute Gasteiger partial charge is 0.290 e. The maximum atomic E-state index is 13.8. The van der Waals surface area contributed by atoms with Gasteiger partial charge in [0.25, 0.3) is 5.91 Å². The number of nitrogens with zero attached hydrogens (tertiary/aromatic N) is 1. The Bertz CT molecular complexity index is 1390. The van der Waals surface area contributed by atoms with Crippen molar-refractivity contribution in [3.05, 3.63) is 64.1 Å². The van der Waals surface area contributed by atoms with Gasteiger partial charge in [0.15, 0.2) is 34.4 Å². The second-order valence-corrected chi connectivity index (χ2v) is 9.36. The van der Waals surface area contributed by atoms with E-state index in [1.54, 1.807) is 30.3 Å². The number of aliphatic hydroxyl groups excluding tert-OH is 1. The number of benzene rings is 2. The highest BCUT2D eigenvalue weighted by Gasteiger charge is 2.44. The number of ketones is 1. The standard InChI is InChI=1S/C28H30ClNO8/c1-6-36-20-12-16(7-8-19(20)37-15(2)3)24-23(26(32)28(33)30(24)9-10-34-4)25(31)21-13-17-11-18(29)14-22(35-5)27(17)38-21/h7-8,11-15,24,32H,6,9-10H2,1-5H3. The molecule has 1 aliphatic rings. The number of aliphatic hydroxyl groups is 1. The molecule has 0 saturated heterocycles. The summed E-state index contributed by atoms with van der Waals surface area (Å²) >= 11 is 6.18. The molecule has 2 heterocycles. The van der Waals surface area contributed by atoms with Gasteiger partial charge in [-0.25, -0.2) is 0 Å². The summed E-state index contributed by atoms with van der Waals surface area (Å²) in [6.45, 7) is 6.37. The number of amides is 1. The highest BCUT2D eigenvalue weighted by molar-refractivity contribution is 6.31. The second kappa shape index (κ2) is 11.4. The number of Topliss-reactive ketones (excluding diaryl/α,β-unsaturated/α-hetero) is 1. The summed E-state index contributed by atoms with van der Waals surface area (Å²) in [7, 11) is 2.97. The molecular formula is C28H30ClNO8. The Labute approximate surface area is 225 Å². The number of furan rings is 1. The van der Waals surface area contributed by atoms with Gasteiger partial charge in [0, 0.05) is 30.1 Å². The monoisotopic (exact) mass is 543 g/mol. The summed E-state index contributed by atoms with van der Waals surface area (Å²) in [6.07, 6.45) is -0.0917. The zero-order valence-corrected chi connectivity index (χ0v) is 22.6. The minimum atomic E-state index is -0.920. The third-order valence-electron chi connectivity index (χ3n) is 6.02. The van der Waals surface area contributed by atoms with Crippen LogP contribution in [0, 0.1) is 0 Å². The zero-order chi connectivity index (χ0) is 27.6. The molecule has 1 aromatic heterocycles. The van der Waals surface area contributed by atoms with Crippen LogP contribution in [0.4, 0.5) is 0 Å². The van der Waals surface area contributed by atoms with Crippen molar-refractivity contribution in [2.45, 2.75) is 32.9 Å². The number of ether oxygens (including phenoxy) is 4. The summed E-state index contributed by atoms with van der Waals surface area (Å²) in [5.74, 6) is -0.712. The Balaban J connectivity index is 1.83. The van der Waals surface area contributed by atoms with Crippen molar-refractivity contribution in [3.63, 3.8) is 0 Å². The average Bonchev–Trinajstić information content (AvgIpc) is 3.41. The molecule has 0 bridgehead atoms. The molecule has 1 unspecified atom stereocenters. The van der Waals surface area contributed by atoms with Gasteiger partial charge in [0.2, 0.25) is 5.78 Å². The van der Waals surface area contributed by atoms with E-state index in [1.165, 1.54) is 25.2 Å². The highest BCUT2D eigenvalue weighted by Crippen LogP contribution is 2.43. The largest absolute Gasteiger partial charge is 0.503 e. The summed E-state index contributed by atoms with van der Waals surface area (Å²) in [5.41, 5.74) is 0.764. The van der Waals surface area contributed by atoms with Crippen LogP contribution < -0.4 is 14.2 Å². The van der Waals surface area contributed by atoms with Crippen LogP contribution in [0.5, 0.6) is 17.2 Å². The third kappa shape index (κ3) is 5.16. The van der Waals surface area contributed by atoms with Crippen LogP contribution in [0.1, 0.15) is 42.9 Å². The van der Waals surface area contributed by atoms with Gasteiger partial charge in [-0.2, -0.15) is 0 Å². The number of halogens is 1. The molecule has 3 aromatic rings. The predicted molar refractivity (Wildman–Crippen MR) is 141 cm³/mol. The Morgan fingerprint density at radius 2 is 1.89 bits per heavy atom. The van der Waals surface area contributed by atoms with Gasteiger partial charge in [-0.1, -0.05) is 17.7 Å². The lowest BCUT2D eigenvalue weighted by Gasteiger charge is -2.27. The van der Waals surface area contributed by atoms with Gasteiger partial charge in [0.05, 0.1) is 38.0 Å². The lowest BCUT2D eigenvalue weighted by atomic mass is 9.94. The van der Waals surface area contributed by atoms with E-state index in [0.717, 1.165) is 0 Å². The van der Waals surface area contributed by atoms with Crippen LogP contribution in [-0.4, -0.2) is 61.8 Å². The van der Waals surface area contributed by atoms with Crippen LogP contribution in [0.2, 0.25) is 5.02 Å². The Kier molecular flexibility index (Phi) is 8.18. The van der Waals surface area contributed by atoms with Gasteiger partial charge < -0.3 is 33.4 Å². The Morgan fingerprint density at radius 3 is 2.55 bits per heavy atom. The van der Waals surface area contributed by atoms with Gasteiger partial charge in [-0.3, -0.25) is 9.59 Å². The van der Waals surface area contributed by atoms with E-state index < -0.39 is 23.5 Å². The van der Waals surface area contributed by atoms with E-state index in [0.29, 0.717) is 45.4 Å². The number of hydrogen-bond acceptors (Lipinski definition) is 8. The molecule has 0 aliphatic carbocycles. The summed E-state index contributed by atoms with van der Waals surface area (Å²) in [4.78, 5) is 28.4. The van der Waals surface area contributed by atoms with Gasteiger partial charge in [-0.05, 0) is 50.6 Å². The third-order valence-corrected chi connectivity index (χ3v) is 6.24. The van der Waals surface area contributed by atoms with E-state index in [9.17, 15) is 14.7 Å². The van der Waals surface area contributed by atoms with E-state index in [4.69, 9.17) is 35.0 Å². The molecule has 1 amide bonds. The van der Waals surface area contributed by atoms with Gasteiger partial charge in [-0.15, -0.1) is 0 Å². The molecule has 2 aromatic carbocycles. The topological polar surface area (TPSA) is 108 Å². The molecule has 1 atom stereocenters. The molecule has 10 heteroatoms. The Morgan fingerprint density at radius 1 is 1.13 bits per heavy atom. The maximum Gasteiger partial charge on any atom is 0.290 e. The molecule has 9 nitrogen and oxygen atoms in total. The van der Waals surface area contributed by atoms with Crippen LogP contribution in [-0.2, 0) is 9.53 Å². The van der Waals surface area contributed by atoms with Crippen molar-refractivity contribution in [2.24, 2.45) is 0 Å². The minimum Gasteiger partial charge on any atom is -0.503 e. The summed E-state index contributed by atoms with van der Waals surface area (Å²) in [6, 6.07) is 8.98. The van der Waals surface area contributed by atoms with Gasteiger partial charge in [0.1, 0.15) is 0 Å². The number of carbonyl (C=O) groups is 2. The second-order valence-electron chi connectivity index (χ2n) is 8.93. The average molecular weight is 544 g/mol. The molecule has 202 valence electrons. The number of fused-ring (bicyclic) bond motifs is 1. The quantitative estimate of drug-likeness (QED) is 0.316. The SMILES string of the molecule is CCOc1cc(C2C(C(=O)c3cc4cc(Cl)cc(OC)c4o3)=C(O)C(=O)N2CCOC)ccc1OC(C)C. The summed E-state index contributed by atoms with van der Waals surface area (Å²) < 4.78 is 28.0. The number of hydrogen-bond donors (Lipinski definition) is 1. The molecule has 1 aliphatic heterocycles. The maximum absolute atomic E-state index is 13.8. The zero-order valence-electron chi connectivity index (χ0n) is 21.9. The normalized spacial score (nSPS) is 15.6. The molecule has 4 rings (SSSR count). The van der Waals surface area contributed by atoms with Crippen LogP contribution in [0.15, 0.2) is 52.1 Å². The van der Waals surface area contributed by atoms with Crippen molar-refractivity contribution in [3.8, 4) is 17.2 Å². The lowest BCUT2D eigenvalue weighted by Crippen LogP contribution is -2.34. The van der Waals surface area contributed by atoms with Crippen molar-refractivity contribution < 1.29 is 38.1 Å². The fourth-order valence-corrected chi connectivity index (χ4v) is 4.67. The van der Waals surface area contributed by atoms with Crippen LogP contribution in [0.25, 0.3) is 11.0 Å². The van der Waals surface area contributed by atoms with E-state index in [2.05, 4.69) is 0 Å². The molecule has 0 spiro atoms. The molecular weight excluding hydrogens is 514 g/mol. The van der Waals surface area contributed by atoms with Crippen molar-refractivity contribution >= 4 is 34.3 Å². The first-order chi connectivity index (χ1) is 18.2. The van der Waals surface area contributed by atoms with E-state index in [-0.39, 0.29) is 30.6 Å². The van der Waals surface area contributed by atoms with Crippen LogP contribution >= 0.6 is 11.6 Å². The molecule has 0 saturated carbocycles. The first-order valence-corrected chi connectivity index (χ1v) is 12.6. The van der Waals surface area contributed by atoms with Crippen molar-refractivity contribution in [1.29, 1.82) is 0 Å². The molecule has 0 radical (unpaired) electrons. The first kappa shape index (κ1) is 27.3.